The molecule has 1 fully saturated rings. The molecule has 0 saturated carbocycles. The molecule has 2 aromatic carbocycles. The van der Waals surface area contributed by atoms with E-state index in [0.29, 0.717) is 17.2 Å². The summed E-state index contributed by atoms with van der Waals surface area (Å²) in [7, 11) is 0. The van der Waals surface area contributed by atoms with Crippen LogP contribution < -0.4 is 10.1 Å². The van der Waals surface area contributed by atoms with Crippen LogP contribution in [0.2, 0.25) is 0 Å². The lowest BCUT2D eigenvalue weighted by Gasteiger charge is -2.16. The summed E-state index contributed by atoms with van der Waals surface area (Å²) in [6.45, 7) is 1.62. The molecule has 3 rings (SSSR count). The molecule has 0 aliphatic carbocycles. The molecule has 1 aliphatic rings. The molecule has 5 heteroatoms. The number of nitrogens with one attached hydrogen (secondary N) is 1. The molecule has 1 heterocycles. The van der Waals surface area contributed by atoms with E-state index in [4.69, 9.17) is 4.74 Å². The molecule has 0 radical (unpaired) electrons. The summed E-state index contributed by atoms with van der Waals surface area (Å²) in [5.74, 6) is 0.686. The predicted octanol–water partition coefficient (Wildman–Crippen LogP) is 4.25. The lowest BCUT2D eigenvalue weighted by Crippen LogP contribution is -2.32. The van der Waals surface area contributed by atoms with Gasteiger partial charge in [0.15, 0.2) is 0 Å². The maximum absolute atomic E-state index is 13.1. The van der Waals surface area contributed by atoms with Crippen LogP contribution in [0.1, 0.15) is 12.8 Å². The normalized spacial score (nSPS) is 14.0. The predicted molar refractivity (Wildman–Crippen MR) is 82.7 cm³/mol. The highest BCUT2D eigenvalue weighted by Crippen LogP contribution is 2.23. The number of benzene rings is 2. The number of hydrogen-bond donors (Lipinski definition) is 1. The average molecular weight is 300 g/mol. The van der Waals surface area contributed by atoms with Gasteiger partial charge in [0.25, 0.3) is 0 Å². The highest BCUT2D eigenvalue weighted by molar-refractivity contribution is 5.89. The van der Waals surface area contributed by atoms with Gasteiger partial charge in [-0.25, -0.2) is 9.18 Å². The minimum atomic E-state index is -0.341. The standard InChI is InChI=1S/C17H17FN2O2/c18-13-4-3-5-16(12-13)22-15-8-6-14(7-9-15)19-17(21)20-10-1-2-11-20/h3-9,12H,1-2,10-11H2,(H,19,21). The first-order valence-electron chi connectivity index (χ1n) is 7.30. The third kappa shape index (κ3) is 3.55. The molecule has 2 aromatic rings. The number of urea groups is 1. The number of amides is 2. The Morgan fingerprint density at radius 1 is 1.05 bits per heavy atom. The van der Waals surface area contributed by atoms with Crippen LogP contribution in [0.25, 0.3) is 0 Å². The van der Waals surface area contributed by atoms with Crippen molar-refractivity contribution in [3.8, 4) is 11.5 Å². The van der Waals surface area contributed by atoms with E-state index in [1.54, 1.807) is 41.3 Å². The van der Waals surface area contributed by atoms with E-state index in [1.807, 2.05) is 0 Å². The van der Waals surface area contributed by atoms with Gasteiger partial charge in [-0.3, -0.25) is 0 Å². The summed E-state index contributed by atoms with van der Waals surface area (Å²) in [4.78, 5) is 13.8. The van der Waals surface area contributed by atoms with Crippen molar-refractivity contribution in [3.05, 3.63) is 54.3 Å². The zero-order chi connectivity index (χ0) is 15.4. The number of rotatable bonds is 3. The lowest BCUT2D eigenvalue weighted by atomic mass is 10.3. The van der Waals surface area contributed by atoms with Gasteiger partial charge in [-0.05, 0) is 49.2 Å². The average Bonchev–Trinajstić information content (AvgIpc) is 3.04. The van der Waals surface area contributed by atoms with Crippen molar-refractivity contribution in [1.82, 2.24) is 4.90 Å². The summed E-state index contributed by atoms with van der Waals surface area (Å²) >= 11 is 0. The third-order valence-corrected chi connectivity index (χ3v) is 3.53. The van der Waals surface area contributed by atoms with Crippen molar-refractivity contribution in [1.29, 1.82) is 0 Å². The molecular formula is C17H17FN2O2. The highest BCUT2D eigenvalue weighted by atomic mass is 19.1. The Kier molecular flexibility index (Phi) is 4.23. The molecule has 22 heavy (non-hydrogen) atoms. The Labute approximate surface area is 128 Å². The van der Waals surface area contributed by atoms with Crippen molar-refractivity contribution in [2.45, 2.75) is 12.8 Å². The fourth-order valence-corrected chi connectivity index (χ4v) is 2.40. The van der Waals surface area contributed by atoms with E-state index >= 15 is 0 Å². The van der Waals surface area contributed by atoms with E-state index in [1.165, 1.54) is 12.1 Å². The van der Waals surface area contributed by atoms with Crippen LogP contribution in [0.15, 0.2) is 48.5 Å². The molecule has 1 saturated heterocycles. The van der Waals surface area contributed by atoms with Gasteiger partial charge >= 0.3 is 6.03 Å². The van der Waals surface area contributed by atoms with E-state index in [2.05, 4.69) is 5.32 Å². The summed E-state index contributed by atoms with van der Waals surface area (Å²) in [6.07, 6.45) is 2.13. The number of ether oxygens (including phenoxy) is 1. The van der Waals surface area contributed by atoms with Crippen LogP contribution in [0.5, 0.6) is 11.5 Å². The maximum Gasteiger partial charge on any atom is 0.321 e. The summed E-state index contributed by atoms with van der Waals surface area (Å²) in [5.41, 5.74) is 0.712. The SMILES string of the molecule is O=C(Nc1ccc(Oc2cccc(F)c2)cc1)N1CCCC1. The first-order valence-corrected chi connectivity index (χ1v) is 7.30. The molecule has 0 aromatic heterocycles. The van der Waals surface area contributed by atoms with Crippen LogP contribution in [0, 0.1) is 5.82 Å². The van der Waals surface area contributed by atoms with Gasteiger partial charge in [-0.15, -0.1) is 0 Å². The quantitative estimate of drug-likeness (QED) is 0.921. The third-order valence-electron chi connectivity index (χ3n) is 3.53. The minimum absolute atomic E-state index is 0.0729. The van der Waals surface area contributed by atoms with Gasteiger partial charge < -0.3 is 15.0 Å². The number of hydrogen-bond acceptors (Lipinski definition) is 2. The van der Waals surface area contributed by atoms with Crippen molar-refractivity contribution in [2.24, 2.45) is 0 Å². The molecule has 1 aliphatic heterocycles. The topological polar surface area (TPSA) is 41.6 Å². The van der Waals surface area contributed by atoms with Crippen molar-refractivity contribution < 1.29 is 13.9 Å². The Balaban J connectivity index is 1.61. The minimum Gasteiger partial charge on any atom is -0.457 e. The number of halogens is 1. The first kappa shape index (κ1) is 14.4. The van der Waals surface area contributed by atoms with E-state index in [9.17, 15) is 9.18 Å². The Morgan fingerprint density at radius 2 is 1.77 bits per heavy atom. The van der Waals surface area contributed by atoms with Crippen LogP contribution in [0.3, 0.4) is 0 Å². The molecule has 114 valence electrons. The molecule has 4 nitrogen and oxygen atoms in total. The fourth-order valence-electron chi connectivity index (χ4n) is 2.40. The maximum atomic E-state index is 13.1. The highest BCUT2D eigenvalue weighted by Gasteiger charge is 2.17. The molecule has 2 amide bonds. The van der Waals surface area contributed by atoms with E-state index < -0.39 is 0 Å². The molecule has 0 atom stereocenters. The fraction of sp³-hybridized carbons (Fsp3) is 0.235. The second-order valence-electron chi connectivity index (χ2n) is 5.21. The van der Waals surface area contributed by atoms with Crippen molar-refractivity contribution in [3.63, 3.8) is 0 Å². The number of nitrogens with zero attached hydrogens (tertiary/aromatic N) is 1. The van der Waals surface area contributed by atoms with E-state index in [-0.39, 0.29) is 11.8 Å². The van der Waals surface area contributed by atoms with Crippen LogP contribution in [0.4, 0.5) is 14.9 Å². The Bertz CT molecular complexity index is 652. The second kappa shape index (κ2) is 6.47. The van der Waals surface area contributed by atoms with Gasteiger partial charge in [0.05, 0.1) is 0 Å². The van der Waals surface area contributed by atoms with Crippen LogP contribution in [-0.2, 0) is 0 Å². The molecule has 0 bridgehead atoms. The number of likely N-dealkylation sites (tertiary alicyclic amines) is 1. The number of anilines is 1. The van der Waals surface area contributed by atoms with Gasteiger partial charge in [-0.1, -0.05) is 6.07 Å². The second-order valence-corrected chi connectivity index (χ2v) is 5.21. The molecule has 1 N–H and O–H groups in total. The number of carbonyl (C=O) groups is 1. The smallest absolute Gasteiger partial charge is 0.321 e. The Morgan fingerprint density at radius 3 is 2.45 bits per heavy atom. The van der Waals surface area contributed by atoms with Crippen LogP contribution in [-0.4, -0.2) is 24.0 Å². The van der Waals surface area contributed by atoms with Gasteiger partial charge in [0, 0.05) is 24.8 Å². The summed E-state index contributed by atoms with van der Waals surface area (Å²) in [6, 6.07) is 12.9. The molecular weight excluding hydrogens is 283 g/mol. The monoisotopic (exact) mass is 300 g/mol. The van der Waals surface area contributed by atoms with Crippen molar-refractivity contribution in [2.75, 3.05) is 18.4 Å². The van der Waals surface area contributed by atoms with Gasteiger partial charge in [-0.2, -0.15) is 0 Å². The first-order chi connectivity index (χ1) is 10.7. The zero-order valence-corrected chi connectivity index (χ0v) is 12.1. The van der Waals surface area contributed by atoms with Crippen LogP contribution >= 0.6 is 0 Å². The molecule has 0 spiro atoms. The summed E-state index contributed by atoms with van der Waals surface area (Å²) < 4.78 is 18.6. The molecule has 0 unspecified atom stereocenters. The largest absolute Gasteiger partial charge is 0.457 e. The summed E-state index contributed by atoms with van der Waals surface area (Å²) in [5, 5.41) is 2.86. The van der Waals surface area contributed by atoms with E-state index in [0.717, 1.165) is 25.9 Å². The van der Waals surface area contributed by atoms with Crippen molar-refractivity contribution >= 4 is 11.7 Å². The Hall–Kier alpha value is -2.56. The lowest BCUT2D eigenvalue weighted by molar-refractivity contribution is 0.222. The number of carbonyl (C=O) groups excluding carboxylic acids is 1. The van der Waals surface area contributed by atoms with Gasteiger partial charge in [0.2, 0.25) is 0 Å². The van der Waals surface area contributed by atoms with Gasteiger partial charge in [0.1, 0.15) is 17.3 Å². The zero-order valence-electron chi connectivity index (χ0n) is 12.1.